The monoisotopic (exact) mass is 244 g/mol. The van der Waals surface area contributed by atoms with Crippen LogP contribution in [0.25, 0.3) is 0 Å². The van der Waals surface area contributed by atoms with Gasteiger partial charge in [0.25, 0.3) is 0 Å². The molecule has 0 aromatic rings. The highest BCUT2D eigenvalue weighted by atomic mass is 35.6. The molecule has 0 heterocycles. The fourth-order valence-electron chi connectivity index (χ4n) is 0. The first-order chi connectivity index (χ1) is 4.56. The number of hydrogen-bond acceptors (Lipinski definition) is 2. The van der Waals surface area contributed by atoms with E-state index in [-0.39, 0.29) is 6.29 Å². The molecule has 9 heteroatoms. The maximum absolute atomic E-state index is 9.43. The second-order valence-electron chi connectivity index (χ2n) is 1.17. The number of aldehydes is 1. The fraction of sp³-hybridized carbons (Fsp3) is 0.500. The van der Waals surface area contributed by atoms with Crippen LogP contribution >= 0.6 is 42.6 Å². The zero-order valence-corrected chi connectivity index (χ0v) is 7.98. The fourth-order valence-corrected chi connectivity index (χ4v) is 0. The highest BCUT2D eigenvalue weighted by Gasteiger charge is 2.16. The standard InChI is InChI=1S/C2HCl3O.H3O4P/c3-2(4,5)1-6;1-5(2,3)4/h1H;(H3,1,2,3,4). The molecule has 0 aromatic carbocycles. The van der Waals surface area contributed by atoms with Crippen LogP contribution in [0.1, 0.15) is 0 Å². The van der Waals surface area contributed by atoms with Crippen LogP contribution in [-0.4, -0.2) is 24.8 Å². The van der Waals surface area contributed by atoms with E-state index in [2.05, 4.69) is 0 Å². The molecule has 0 aliphatic rings. The predicted molar refractivity (Wildman–Crippen MR) is 40.6 cm³/mol. The Balaban J connectivity index is 0. The molecular formula is C2H4Cl3O5P. The molecule has 68 valence electrons. The van der Waals surface area contributed by atoms with E-state index < -0.39 is 11.6 Å². The molecule has 0 saturated heterocycles. The van der Waals surface area contributed by atoms with E-state index in [0.29, 0.717) is 0 Å². The van der Waals surface area contributed by atoms with Gasteiger partial charge in [-0.3, -0.25) is 4.79 Å². The second kappa shape index (κ2) is 5.32. The van der Waals surface area contributed by atoms with E-state index in [4.69, 9.17) is 54.0 Å². The molecular weight excluding hydrogens is 241 g/mol. The van der Waals surface area contributed by atoms with Gasteiger partial charge in [0, 0.05) is 0 Å². The molecule has 0 saturated carbocycles. The van der Waals surface area contributed by atoms with Crippen molar-refractivity contribution in [1.82, 2.24) is 0 Å². The molecule has 0 aliphatic carbocycles. The highest BCUT2D eigenvalue weighted by Crippen LogP contribution is 2.25. The summed E-state index contributed by atoms with van der Waals surface area (Å²) in [7, 11) is -4.64. The van der Waals surface area contributed by atoms with E-state index >= 15 is 0 Å². The minimum Gasteiger partial charge on any atom is -0.303 e. The van der Waals surface area contributed by atoms with E-state index in [9.17, 15) is 4.79 Å². The van der Waals surface area contributed by atoms with Crippen molar-refractivity contribution in [3.05, 3.63) is 0 Å². The summed E-state index contributed by atoms with van der Waals surface area (Å²) in [5, 5.41) is 0. The van der Waals surface area contributed by atoms with Gasteiger partial charge < -0.3 is 14.7 Å². The van der Waals surface area contributed by atoms with Crippen molar-refractivity contribution in [3.63, 3.8) is 0 Å². The summed E-state index contributed by atoms with van der Waals surface area (Å²) >= 11 is 14.6. The lowest BCUT2D eigenvalue weighted by Crippen LogP contribution is -2.00. The lowest BCUT2D eigenvalue weighted by Gasteiger charge is -1.93. The molecule has 0 fully saturated rings. The number of rotatable bonds is 0. The first-order valence-corrected chi connectivity index (χ1v) is 4.57. The van der Waals surface area contributed by atoms with Gasteiger partial charge in [0.05, 0.1) is 0 Å². The molecule has 3 N–H and O–H groups in total. The summed E-state index contributed by atoms with van der Waals surface area (Å²) in [6.07, 6.45) is 0.234. The summed E-state index contributed by atoms with van der Waals surface area (Å²) in [6.45, 7) is 0. The normalized spacial score (nSPS) is 11.5. The van der Waals surface area contributed by atoms with Gasteiger partial charge in [0.15, 0.2) is 6.29 Å². The van der Waals surface area contributed by atoms with Crippen LogP contribution in [0, 0.1) is 0 Å². The molecule has 0 aromatic heterocycles. The van der Waals surface area contributed by atoms with Crippen LogP contribution in [0.2, 0.25) is 0 Å². The third-order valence-corrected chi connectivity index (χ3v) is 0.401. The minimum atomic E-state index is -4.64. The van der Waals surface area contributed by atoms with Crippen LogP contribution in [0.5, 0.6) is 0 Å². The Labute approximate surface area is 77.1 Å². The quantitative estimate of drug-likeness (QED) is 0.330. The lowest BCUT2D eigenvalue weighted by molar-refractivity contribution is -0.107. The zero-order chi connectivity index (χ0) is 9.71. The van der Waals surface area contributed by atoms with Crippen molar-refractivity contribution in [1.29, 1.82) is 0 Å². The molecule has 0 unspecified atom stereocenters. The molecule has 0 rings (SSSR count). The Bertz CT molecular complexity index is 149. The van der Waals surface area contributed by atoms with Crippen LogP contribution in [0.4, 0.5) is 0 Å². The van der Waals surface area contributed by atoms with Crippen molar-refractivity contribution >= 4 is 48.9 Å². The van der Waals surface area contributed by atoms with Crippen molar-refractivity contribution in [2.24, 2.45) is 0 Å². The van der Waals surface area contributed by atoms with Gasteiger partial charge in [-0.05, 0) is 0 Å². The Hall–Kier alpha value is 0.650. The second-order valence-corrected chi connectivity index (χ2v) is 4.57. The van der Waals surface area contributed by atoms with Gasteiger partial charge in [-0.15, -0.1) is 0 Å². The zero-order valence-electron chi connectivity index (χ0n) is 4.82. The smallest absolute Gasteiger partial charge is 0.303 e. The molecule has 0 radical (unpaired) electrons. The molecule has 5 nitrogen and oxygen atoms in total. The molecule has 0 spiro atoms. The maximum Gasteiger partial charge on any atom is 0.466 e. The summed E-state index contributed by atoms with van der Waals surface area (Å²) in [4.78, 5) is 31.0. The van der Waals surface area contributed by atoms with Gasteiger partial charge >= 0.3 is 7.82 Å². The highest BCUT2D eigenvalue weighted by molar-refractivity contribution is 7.45. The van der Waals surface area contributed by atoms with Crippen LogP contribution in [-0.2, 0) is 9.36 Å². The Kier molecular flexibility index (Phi) is 6.87. The first kappa shape index (κ1) is 14.2. The molecule has 11 heavy (non-hydrogen) atoms. The maximum atomic E-state index is 9.43. The number of halogens is 3. The predicted octanol–water partition coefficient (Wildman–Crippen LogP) is 0.627. The molecule has 0 bridgehead atoms. The summed E-state index contributed by atoms with van der Waals surface area (Å²) in [6, 6.07) is 0. The molecule has 0 amide bonds. The largest absolute Gasteiger partial charge is 0.466 e. The number of phosphoric acid groups is 1. The van der Waals surface area contributed by atoms with E-state index in [1.54, 1.807) is 0 Å². The number of alkyl halides is 3. The Morgan fingerprint density at radius 1 is 1.18 bits per heavy atom. The van der Waals surface area contributed by atoms with Gasteiger partial charge in [-0.25, -0.2) is 4.57 Å². The summed E-state index contributed by atoms with van der Waals surface area (Å²) in [5.74, 6) is 0. The SMILES string of the molecule is O=CC(Cl)(Cl)Cl.O=P(O)(O)O. The van der Waals surface area contributed by atoms with Crippen LogP contribution < -0.4 is 0 Å². The van der Waals surface area contributed by atoms with E-state index in [0.717, 1.165) is 0 Å². The number of carbonyl (C=O) groups is 1. The third-order valence-electron chi connectivity index (χ3n) is 0.134. The van der Waals surface area contributed by atoms with Crippen LogP contribution in [0.3, 0.4) is 0 Å². The topological polar surface area (TPSA) is 94.8 Å². The Morgan fingerprint density at radius 2 is 1.27 bits per heavy atom. The first-order valence-electron chi connectivity index (χ1n) is 1.87. The van der Waals surface area contributed by atoms with Crippen LogP contribution in [0.15, 0.2) is 0 Å². The van der Waals surface area contributed by atoms with Gasteiger partial charge in [-0.1, -0.05) is 34.8 Å². The average molecular weight is 245 g/mol. The Morgan fingerprint density at radius 3 is 1.27 bits per heavy atom. The van der Waals surface area contributed by atoms with Gasteiger partial charge in [0.2, 0.25) is 3.79 Å². The lowest BCUT2D eigenvalue weighted by atomic mass is 10.9. The molecule has 0 atom stereocenters. The van der Waals surface area contributed by atoms with E-state index in [1.807, 2.05) is 0 Å². The van der Waals surface area contributed by atoms with Crippen molar-refractivity contribution in [2.45, 2.75) is 3.79 Å². The van der Waals surface area contributed by atoms with Gasteiger partial charge in [0.1, 0.15) is 0 Å². The number of hydrogen-bond donors (Lipinski definition) is 3. The number of carbonyl (C=O) groups excluding carboxylic acids is 1. The van der Waals surface area contributed by atoms with Crippen molar-refractivity contribution in [3.8, 4) is 0 Å². The minimum absolute atomic E-state index is 0.234. The average Bonchev–Trinajstić information content (AvgIpc) is 1.59. The van der Waals surface area contributed by atoms with Crippen molar-refractivity contribution in [2.75, 3.05) is 0 Å². The van der Waals surface area contributed by atoms with Gasteiger partial charge in [-0.2, -0.15) is 0 Å². The van der Waals surface area contributed by atoms with E-state index in [1.165, 1.54) is 0 Å². The summed E-state index contributed by atoms with van der Waals surface area (Å²) < 4.78 is 7.16. The van der Waals surface area contributed by atoms with Crippen molar-refractivity contribution < 1.29 is 24.0 Å². The molecule has 0 aliphatic heterocycles. The third kappa shape index (κ3) is 59.8. The summed E-state index contributed by atoms with van der Waals surface area (Å²) in [5.41, 5.74) is 0.